The van der Waals surface area contributed by atoms with Gasteiger partial charge in [0.25, 0.3) is 5.91 Å². The molecule has 1 atom stereocenters. The standard InChI is InChI=1S/C19H18F2N2O5S/c20-14-6-5-13(11-15(14)21)29(25,26)23-9-7-22(8-10-23)19(24)18-12-27-16-3-1-2-4-17(16)28-18/h1-6,11,18H,7-10,12H2/t18-/m0/s1. The zero-order chi connectivity index (χ0) is 20.6. The summed E-state index contributed by atoms with van der Waals surface area (Å²) in [6, 6.07) is 9.50. The fourth-order valence-electron chi connectivity index (χ4n) is 3.28. The lowest BCUT2D eigenvalue weighted by Crippen LogP contribution is -2.55. The average Bonchev–Trinajstić information content (AvgIpc) is 2.74. The van der Waals surface area contributed by atoms with E-state index in [0.717, 1.165) is 16.4 Å². The van der Waals surface area contributed by atoms with Crippen LogP contribution in [0.4, 0.5) is 8.78 Å². The molecule has 0 radical (unpaired) electrons. The van der Waals surface area contributed by atoms with E-state index >= 15 is 0 Å². The van der Waals surface area contributed by atoms with E-state index in [9.17, 15) is 22.0 Å². The van der Waals surface area contributed by atoms with E-state index in [4.69, 9.17) is 9.47 Å². The first-order valence-electron chi connectivity index (χ1n) is 8.99. The van der Waals surface area contributed by atoms with Crippen LogP contribution in [0.5, 0.6) is 11.5 Å². The molecule has 0 aliphatic carbocycles. The molecule has 0 saturated carbocycles. The predicted molar refractivity (Wildman–Crippen MR) is 98.0 cm³/mol. The zero-order valence-electron chi connectivity index (χ0n) is 15.3. The molecule has 0 aromatic heterocycles. The molecule has 0 bridgehead atoms. The van der Waals surface area contributed by atoms with Gasteiger partial charge in [0.1, 0.15) is 6.61 Å². The van der Waals surface area contributed by atoms with Crippen molar-refractivity contribution in [3.63, 3.8) is 0 Å². The molecular weight excluding hydrogens is 406 g/mol. The van der Waals surface area contributed by atoms with Gasteiger partial charge in [-0.25, -0.2) is 17.2 Å². The second-order valence-corrected chi connectivity index (χ2v) is 8.61. The monoisotopic (exact) mass is 424 g/mol. The third kappa shape index (κ3) is 3.77. The van der Waals surface area contributed by atoms with Crippen molar-refractivity contribution in [2.24, 2.45) is 0 Å². The topological polar surface area (TPSA) is 76.2 Å². The maximum atomic E-state index is 13.4. The van der Waals surface area contributed by atoms with E-state index in [2.05, 4.69) is 0 Å². The van der Waals surface area contributed by atoms with Gasteiger partial charge in [-0.3, -0.25) is 4.79 Å². The number of para-hydroxylation sites is 2. The van der Waals surface area contributed by atoms with Crippen molar-refractivity contribution in [3.05, 3.63) is 54.1 Å². The first kappa shape index (κ1) is 19.6. The summed E-state index contributed by atoms with van der Waals surface area (Å²) in [6.07, 6.45) is -0.806. The van der Waals surface area contributed by atoms with Gasteiger partial charge in [-0.2, -0.15) is 4.31 Å². The van der Waals surface area contributed by atoms with Crippen molar-refractivity contribution in [1.82, 2.24) is 9.21 Å². The van der Waals surface area contributed by atoms with Crippen LogP contribution < -0.4 is 9.47 Å². The van der Waals surface area contributed by atoms with Crippen LogP contribution in [0.1, 0.15) is 0 Å². The van der Waals surface area contributed by atoms with Gasteiger partial charge in [-0.1, -0.05) is 12.1 Å². The van der Waals surface area contributed by atoms with Crippen molar-refractivity contribution in [2.75, 3.05) is 32.8 Å². The predicted octanol–water partition coefficient (Wildman–Crippen LogP) is 1.64. The van der Waals surface area contributed by atoms with Crippen LogP contribution in [-0.4, -0.2) is 62.4 Å². The van der Waals surface area contributed by atoms with Gasteiger partial charge < -0.3 is 14.4 Å². The van der Waals surface area contributed by atoms with E-state index in [-0.39, 0.29) is 43.6 Å². The number of carbonyl (C=O) groups excluding carboxylic acids is 1. The first-order valence-corrected chi connectivity index (χ1v) is 10.4. The smallest absolute Gasteiger partial charge is 0.267 e. The highest BCUT2D eigenvalue weighted by atomic mass is 32.2. The van der Waals surface area contributed by atoms with E-state index < -0.39 is 27.8 Å². The van der Waals surface area contributed by atoms with Crippen molar-refractivity contribution >= 4 is 15.9 Å². The zero-order valence-corrected chi connectivity index (χ0v) is 16.1. The van der Waals surface area contributed by atoms with Gasteiger partial charge in [0, 0.05) is 26.2 Å². The molecule has 7 nitrogen and oxygen atoms in total. The lowest BCUT2D eigenvalue weighted by molar-refractivity contribution is -0.142. The van der Waals surface area contributed by atoms with E-state index in [1.165, 1.54) is 4.90 Å². The molecule has 10 heteroatoms. The highest BCUT2D eigenvalue weighted by molar-refractivity contribution is 7.89. The van der Waals surface area contributed by atoms with Crippen LogP contribution >= 0.6 is 0 Å². The molecule has 2 aromatic carbocycles. The molecule has 4 rings (SSSR count). The van der Waals surface area contributed by atoms with Crippen LogP contribution in [0.3, 0.4) is 0 Å². The fourth-order valence-corrected chi connectivity index (χ4v) is 4.71. The van der Waals surface area contributed by atoms with Crippen molar-refractivity contribution in [3.8, 4) is 11.5 Å². The minimum atomic E-state index is -3.98. The summed E-state index contributed by atoms with van der Waals surface area (Å²) in [6.45, 7) is 0.462. The van der Waals surface area contributed by atoms with Crippen LogP contribution in [0.25, 0.3) is 0 Å². The Morgan fingerprint density at radius 1 is 0.966 bits per heavy atom. The van der Waals surface area contributed by atoms with Crippen molar-refractivity contribution in [1.29, 1.82) is 0 Å². The Morgan fingerprint density at radius 3 is 2.34 bits per heavy atom. The number of ether oxygens (including phenoxy) is 2. The molecule has 1 saturated heterocycles. The number of hydrogen-bond acceptors (Lipinski definition) is 5. The Labute approximate surface area is 166 Å². The van der Waals surface area contributed by atoms with Crippen LogP contribution in [0.2, 0.25) is 0 Å². The normalized spacial score (nSPS) is 19.8. The van der Waals surface area contributed by atoms with Gasteiger partial charge in [-0.15, -0.1) is 0 Å². The van der Waals surface area contributed by atoms with Crippen molar-refractivity contribution < 1.29 is 31.5 Å². The number of carbonyl (C=O) groups is 1. The molecule has 1 amide bonds. The molecule has 0 unspecified atom stereocenters. The third-order valence-corrected chi connectivity index (χ3v) is 6.76. The number of nitrogens with zero attached hydrogens (tertiary/aromatic N) is 2. The molecule has 2 heterocycles. The van der Waals surface area contributed by atoms with Crippen molar-refractivity contribution in [2.45, 2.75) is 11.0 Å². The minimum absolute atomic E-state index is 0.0389. The van der Waals surface area contributed by atoms with Gasteiger partial charge in [0.05, 0.1) is 4.90 Å². The molecule has 0 N–H and O–H groups in total. The molecule has 2 aliphatic heterocycles. The van der Waals surface area contributed by atoms with Gasteiger partial charge in [0.2, 0.25) is 16.1 Å². The highest BCUT2D eigenvalue weighted by Crippen LogP contribution is 2.31. The Morgan fingerprint density at radius 2 is 1.66 bits per heavy atom. The summed E-state index contributed by atoms with van der Waals surface area (Å²) in [5.41, 5.74) is 0. The van der Waals surface area contributed by atoms with Crippen LogP contribution in [0, 0.1) is 11.6 Å². The minimum Gasteiger partial charge on any atom is -0.485 e. The maximum Gasteiger partial charge on any atom is 0.267 e. The Balaban J connectivity index is 1.40. The van der Waals surface area contributed by atoms with E-state index in [1.807, 2.05) is 0 Å². The molecule has 1 fully saturated rings. The number of sulfonamides is 1. The number of piperazine rings is 1. The number of amides is 1. The second-order valence-electron chi connectivity index (χ2n) is 6.67. The van der Waals surface area contributed by atoms with Gasteiger partial charge >= 0.3 is 0 Å². The molecule has 2 aromatic rings. The lowest BCUT2D eigenvalue weighted by atomic mass is 10.2. The average molecular weight is 424 g/mol. The van der Waals surface area contributed by atoms with Gasteiger partial charge in [-0.05, 0) is 30.3 Å². The second kappa shape index (κ2) is 7.60. The van der Waals surface area contributed by atoms with Crippen LogP contribution in [0.15, 0.2) is 47.4 Å². The maximum absolute atomic E-state index is 13.4. The summed E-state index contributed by atoms with van der Waals surface area (Å²) in [4.78, 5) is 13.9. The Hall–Kier alpha value is -2.72. The molecule has 154 valence electrons. The number of rotatable bonds is 3. The first-order chi connectivity index (χ1) is 13.9. The highest BCUT2D eigenvalue weighted by Gasteiger charge is 2.35. The number of benzene rings is 2. The van der Waals surface area contributed by atoms with E-state index in [1.54, 1.807) is 24.3 Å². The Kier molecular flexibility index (Phi) is 5.13. The quantitative estimate of drug-likeness (QED) is 0.749. The molecule has 0 spiro atoms. The summed E-state index contributed by atoms with van der Waals surface area (Å²) < 4.78 is 64.2. The number of hydrogen-bond donors (Lipinski definition) is 0. The SMILES string of the molecule is O=C([C@@H]1COc2ccccc2O1)N1CCN(S(=O)(=O)c2ccc(F)c(F)c2)CC1. The molecule has 29 heavy (non-hydrogen) atoms. The summed E-state index contributed by atoms with van der Waals surface area (Å²) in [5, 5.41) is 0. The number of fused-ring (bicyclic) bond motifs is 1. The van der Waals surface area contributed by atoms with E-state index in [0.29, 0.717) is 17.6 Å². The molecular formula is C19H18F2N2O5S. The summed E-state index contributed by atoms with van der Waals surface area (Å²) >= 11 is 0. The number of halogens is 2. The summed E-state index contributed by atoms with van der Waals surface area (Å²) in [5.74, 6) is -1.58. The Bertz CT molecular complexity index is 1040. The molecule has 2 aliphatic rings. The fraction of sp³-hybridized carbons (Fsp3) is 0.316. The lowest BCUT2D eigenvalue weighted by Gasteiger charge is -2.36. The third-order valence-electron chi connectivity index (χ3n) is 4.86. The summed E-state index contributed by atoms with van der Waals surface area (Å²) in [7, 11) is -3.98. The largest absolute Gasteiger partial charge is 0.485 e. The van der Waals surface area contributed by atoms with Crippen LogP contribution in [-0.2, 0) is 14.8 Å². The van der Waals surface area contributed by atoms with Gasteiger partial charge in [0.15, 0.2) is 23.1 Å².